The third kappa shape index (κ3) is 2.82. The normalized spacial score (nSPS) is 10.6. The number of anilines is 1. The number of hydrogen-bond acceptors (Lipinski definition) is 5. The van der Waals surface area contributed by atoms with Crippen molar-refractivity contribution in [2.75, 3.05) is 5.32 Å². The second-order valence-corrected chi connectivity index (χ2v) is 5.71. The van der Waals surface area contributed by atoms with Gasteiger partial charge in [-0.15, -0.1) is 11.3 Å². The molecule has 7 heteroatoms. The third-order valence-corrected chi connectivity index (χ3v) is 3.75. The van der Waals surface area contributed by atoms with Crippen LogP contribution in [0.4, 0.5) is 5.13 Å². The molecule has 0 saturated heterocycles. The predicted octanol–water partition coefficient (Wildman–Crippen LogP) is 2.59. The summed E-state index contributed by atoms with van der Waals surface area (Å²) < 4.78 is 1.89. The van der Waals surface area contributed by atoms with Crippen molar-refractivity contribution in [3.8, 4) is 5.69 Å². The van der Waals surface area contributed by atoms with Crippen molar-refractivity contribution < 1.29 is 4.79 Å². The molecule has 0 aliphatic carbocycles. The van der Waals surface area contributed by atoms with Gasteiger partial charge in [-0.05, 0) is 26.0 Å². The number of hydrogen-bond donors (Lipinski definition) is 1. The first-order chi connectivity index (χ1) is 10.1. The lowest BCUT2D eigenvalue weighted by Gasteiger charge is -2.06. The van der Waals surface area contributed by atoms with Crippen LogP contribution >= 0.6 is 11.3 Å². The molecular formula is C14H13N5OS. The molecule has 106 valence electrons. The molecule has 3 rings (SSSR count). The lowest BCUT2D eigenvalue weighted by atomic mass is 10.3. The molecule has 3 heterocycles. The molecule has 1 N–H and O–H groups in total. The van der Waals surface area contributed by atoms with Crippen LogP contribution in [0.2, 0.25) is 0 Å². The molecule has 0 spiro atoms. The molecule has 0 atom stereocenters. The minimum atomic E-state index is -0.274. The van der Waals surface area contributed by atoms with Crippen LogP contribution in [-0.2, 0) is 0 Å². The van der Waals surface area contributed by atoms with Gasteiger partial charge in [0.05, 0.1) is 5.69 Å². The molecule has 1 amide bonds. The summed E-state index contributed by atoms with van der Waals surface area (Å²) in [6.07, 6.45) is 6.89. The largest absolute Gasteiger partial charge is 0.304 e. The molecule has 0 saturated carbocycles. The van der Waals surface area contributed by atoms with E-state index >= 15 is 0 Å². The van der Waals surface area contributed by atoms with Gasteiger partial charge in [-0.1, -0.05) is 0 Å². The van der Waals surface area contributed by atoms with Gasteiger partial charge < -0.3 is 4.57 Å². The van der Waals surface area contributed by atoms with Crippen LogP contribution in [0.3, 0.4) is 0 Å². The number of imidazole rings is 1. The van der Waals surface area contributed by atoms with E-state index in [0.29, 0.717) is 10.8 Å². The molecule has 21 heavy (non-hydrogen) atoms. The monoisotopic (exact) mass is 299 g/mol. The number of nitrogens with one attached hydrogen (secondary N) is 1. The maximum absolute atomic E-state index is 12.2. The zero-order valence-corrected chi connectivity index (χ0v) is 12.4. The number of aryl methyl sites for hydroxylation is 2. The Labute approximate surface area is 125 Å². The van der Waals surface area contributed by atoms with E-state index in [0.717, 1.165) is 16.4 Å². The SMILES string of the molecule is Cc1cnc(NC(=O)c2cc(-n3ccnc3C)ccn2)s1. The summed E-state index contributed by atoms with van der Waals surface area (Å²) in [5, 5.41) is 3.32. The van der Waals surface area contributed by atoms with Gasteiger partial charge in [0, 0.05) is 29.7 Å². The van der Waals surface area contributed by atoms with E-state index in [9.17, 15) is 4.79 Å². The Kier molecular flexibility index (Phi) is 3.49. The first-order valence-electron chi connectivity index (χ1n) is 6.33. The molecule has 0 unspecified atom stereocenters. The van der Waals surface area contributed by atoms with Crippen molar-refractivity contribution in [2.24, 2.45) is 0 Å². The summed E-state index contributed by atoms with van der Waals surface area (Å²) in [7, 11) is 0. The third-order valence-electron chi connectivity index (χ3n) is 2.92. The van der Waals surface area contributed by atoms with E-state index in [4.69, 9.17) is 0 Å². The Bertz CT molecular complexity index is 792. The van der Waals surface area contributed by atoms with Gasteiger partial charge in [-0.3, -0.25) is 15.1 Å². The van der Waals surface area contributed by atoms with Gasteiger partial charge in [0.1, 0.15) is 11.5 Å². The number of rotatable bonds is 3. The quantitative estimate of drug-likeness (QED) is 0.807. The van der Waals surface area contributed by atoms with Gasteiger partial charge in [0.15, 0.2) is 5.13 Å². The summed E-state index contributed by atoms with van der Waals surface area (Å²) in [5.41, 5.74) is 1.19. The van der Waals surface area contributed by atoms with Crippen LogP contribution in [0.25, 0.3) is 5.69 Å². The lowest BCUT2D eigenvalue weighted by molar-refractivity contribution is 0.102. The first-order valence-corrected chi connectivity index (χ1v) is 7.15. The number of thiazole rings is 1. The number of amides is 1. The van der Waals surface area contributed by atoms with Crippen LogP contribution < -0.4 is 5.32 Å². The fourth-order valence-corrected chi connectivity index (χ4v) is 2.58. The topological polar surface area (TPSA) is 72.7 Å². The second kappa shape index (κ2) is 5.45. The van der Waals surface area contributed by atoms with Gasteiger partial charge in [0.25, 0.3) is 5.91 Å². The molecule has 0 bridgehead atoms. The summed E-state index contributed by atoms with van der Waals surface area (Å²) in [5.74, 6) is 0.576. The van der Waals surface area contributed by atoms with E-state index in [-0.39, 0.29) is 5.91 Å². The van der Waals surface area contributed by atoms with Crippen molar-refractivity contribution in [1.82, 2.24) is 19.5 Å². The first kappa shape index (κ1) is 13.4. The Balaban J connectivity index is 1.86. The van der Waals surface area contributed by atoms with E-state index in [1.807, 2.05) is 30.7 Å². The van der Waals surface area contributed by atoms with E-state index in [1.54, 1.807) is 24.7 Å². The number of aromatic nitrogens is 4. The number of carbonyl (C=O) groups is 1. The average Bonchev–Trinajstić information content (AvgIpc) is 3.07. The summed E-state index contributed by atoms with van der Waals surface area (Å²) in [4.78, 5) is 25.6. The molecule has 3 aromatic rings. The summed E-state index contributed by atoms with van der Waals surface area (Å²) in [6, 6.07) is 3.56. The average molecular weight is 299 g/mol. The van der Waals surface area contributed by atoms with Crippen LogP contribution in [0.1, 0.15) is 21.2 Å². The van der Waals surface area contributed by atoms with Crippen molar-refractivity contribution in [2.45, 2.75) is 13.8 Å². The molecule has 0 radical (unpaired) electrons. The Hall–Kier alpha value is -2.54. The van der Waals surface area contributed by atoms with Crippen LogP contribution in [0.15, 0.2) is 36.9 Å². The smallest absolute Gasteiger partial charge is 0.276 e. The van der Waals surface area contributed by atoms with Gasteiger partial charge in [-0.2, -0.15) is 0 Å². The summed E-state index contributed by atoms with van der Waals surface area (Å²) >= 11 is 1.43. The molecular weight excluding hydrogens is 286 g/mol. The highest BCUT2D eigenvalue weighted by molar-refractivity contribution is 7.15. The van der Waals surface area contributed by atoms with Gasteiger partial charge >= 0.3 is 0 Å². The van der Waals surface area contributed by atoms with E-state index in [2.05, 4.69) is 20.3 Å². The van der Waals surface area contributed by atoms with Crippen molar-refractivity contribution in [1.29, 1.82) is 0 Å². The minimum absolute atomic E-state index is 0.274. The number of pyridine rings is 1. The highest BCUT2D eigenvalue weighted by Crippen LogP contribution is 2.18. The maximum Gasteiger partial charge on any atom is 0.276 e. The number of nitrogens with zero attached hydrogens (tertiary/aromatic N) is 4. The summed E-state index contributed by atoms with van der Waals surface area (Å²) in [6.45, 7) is 3.84. The van der Waals surface area contributed by atoms with Crippen molar-refractivity contribution >= 4 is 22.4 Å². The fourth-order valence-electron chi connectivity index (χ4n) is 1.92. The standard InChI is InChI=1S/C14H13N5OS/c1-9-8-17-14(21-9)18-13(20)12-7-11(3-4-16-12)19-6-5-15-10(19)2/h3-8H,1-2H3,(H,17,18,20). The Morgan fingerprint density at radius 1 is 1.24 bits per heavy atom. The van der Waals surface area contributed by atoms with E-state index < -0.39 is 0 Å². The van der Waals surface area contributed by atoms with Crippen LogP contribution in [0.5, 0.6) is 0 Å². The molecule has 3 aromatic heterocycles. The van der Waals surface area contributed by atoms with Gasteiger partial charge in [-0.25, -0.2) is 9.97 Å². The van der Waals surface area contributed by atoms with Crippen molar-refractivity contribution in [3.63, 3.8) is 0 Å². The Morgan fingerprint density at radius 2 is 2.10 bits per heavy atom. The van der Waals surface area contributed by atoms with Crippen molar-refractivity contribution in [3.05, 3.63) is 53.3 Å². The molecule has 0 aliphatic rings. The molecule has 0 aromatic carbocycles. The molecule has 0 fully saturated rings. The van der Waals surface area contributed by atoms with Crippen LogP contribution in [0, 0.1) is 13.8 Å². The molecule has 6 nitrogen and oxygen atoms in total. The number of carbonyl (C=O) groups excluding carboxylic acids is 1. The lowest BCUT2D eigenvalue weighted by Crippen LogP contribution is -2.14. The minimum Gasteiger partial charge on any atom is -0.304 e. The van der Waals surface area contributed by atoms with E-state index in [1.165, 1.54) is 11.3 Å². The second-order valence-electron chi connectivity index (χ2n) is 4.47. The highest BCUT2D eigenvalue weighted by atomic mass is 32.1. The fraction of sp³-hybridized carbons (Fsp3) is 0.143. The predicted molar refractivity (Wildman–Crippen MR) is 80.9 cm³/mol. The zero-order valence-electron chi connectivity index (χ0n) is 11.6. The highest BCUT2D eigenvalue weighted by Gasteiger charge is 2.11. The van der Waals surface area contributed by atoms with Gasteiger partial charge in [0.2, 0.25) is 0 Å². The molecule has 0 aliphatic heterocycles. The maximum atomic E-state index is 12.2. The Morgan fingerprint density at radius 3 is 2.76 bits per heavy atom. The van der Waals surface area contributed by atoms with Crippen LogP contribution in [-0.4, -0.2) is 25.4 Å². The zero-order chi connectivity index (χ0) is 14.8.